The molecule has 0 bridgehead atoms. The van der Waals surface area contributed by atoms with Crippen molar-refractivity contribution in [3.8, 4) is 5.75 Å². The maximum absolute atomic E-state index is 12.8. The second kappa shape index (κ2) is 6.95. The first-order valence-electron chi connectivity index (χ1n) is 8.50. The van der Waals surface area contributed by atoms with Gasteiger partial charge in [0.15, 0.2) is 5.82 Å². The molecule has 0 aliphatic carbocycles. The molecule has 26 heavy (non-hydrogen) atoms. The SMILES string of the molecule is Cc1nnc2n1CCN(C(=O)c1cccc(OCc3cccnc3)c1)C2. The van der Waals surface area contributed by atoms with Gasteiger partial charge in [-0.2, -0.15) is 0 Å². The molecule has 1 aliphatic rings. The fourth-order valence-electron chi connectivity index (χ4n) is 3.03. The molecule has 7 heteroatoms. The molecule has 0 unspecified atom stereocenters. The molecule has 2 aromatic heterocycles. The summed E-state index contributed by atoms with van der Waals surface area (Å²) in [6, 6.07) is 11.1. The largest absolute Gasteiger partial charge is 0.489 e. The number of amides is 1. The van der Waals surface area contributed by atoms with E-state index in [9.17, 15) is 4.79 Å². The number of aryl methyl sites for hydroxylation is 1. The van der Waals surface area contributed by atoms with Crippen LogP contribution in [-0.2, 0) is 19.7 Å². The standard InChI is InChI=1S/C19H19N5O2/c1-14-21-22-18-12-23(8-9-24(14)18)19(25)16-5-2-6-17(10-16)26-13-15-4-3-7-20-11-15/h2-7,10-11H,8-9,12-13H2,1H3. The lowest BCUT2D eigenvalue weighted by molar-refractivity contribution is 0.0706. The Balaban J connectivity index is 1.45. The zero-order valence-corrected chi connectivity index (χ0v) is 14.5. The summed E-state index contributed by atoms with van der Waals surface area (Å²) < 4.78 is 7.85. The molecule has 0 radical (unpaired) electrons. The highest BCUT2D eigenvalue weighted by molar-refractivity contribution is 5.94. The predicted molar refractivity (Wildman–Crippen MR) is 94.5 cm³/mol. The van der Waals surface area contributed by atoms with E-state index in [4.69, 9.17) is 4.74 Å². The molecular weight excluding hydrogens is 330 g/mol. The van der Waals surface area contributed by atoms with Gasteiger partial charge < -0.3 is 14.2 Å². The Labute approximate surface area is 151 Å². The molecule has 3 aromatic rings. The van der Waals surface area contributed by atoms with Gasteiger partial charge in [0, 0.05) is 36.6 Å². The van der Waals surface area contributed by atoms with Gasteiger partial charge in [-0.3, -0.25) is 9.78 Å². The third-order valence-electron chi connectivity index (χ3n) is 4.43. The molecule has 132 valence electrons. The molecule has 0 spiro atoms. The number of carbonyl (C=O) groups is 1. The molecule has 0 saturated heterocycles. The fraction of sp³-hybridized carbons (Fsp3) is 0.263. The van der Waals surface area contributed by atoms with Gasteiger partial charge in [0.25, 0.3) is 5.91 Å². The summed E-state index contributed by atoms with van der Waals surface area (Å²) in [6.45, 7) is 4.18. The zero-order chi connectivity index (χ0) is 17.9. The summed E-state index contributed by atoms with van der Waals surface area (Å²) in [6.07, 6.45) is 3.49. The van der Waals surface area contributed by atoms with E-state index in [1.807, 2.05) is 37.3 Å². The monoisotopic (exact) mass is 349 g/mol. The molecule has 0 N–H and O–H groups in total. The van der Waals surface area contributed by atoms with Crippen molar-refractivity contribution in [2.75, 3.05) is 6.54 Å². The molecule has 0 fully saturated rings. The van der Waals surface area contributed by atoms with E-state index in [0.717, 1.165) is 23.8 Å². The van der Waals surface area contributed by atoms with E-state index in [2.05, 4.69) is 19.7 Å². The lowest BCUT2D eigenvalue weighted by atomic mass is 10.1. The van der Waals surface area contributed by atoms with E-state index in [0.29, 0.717) is 31.0 Å². The average Bonchev–Trinajstić information content (AvgIpc) is 3.07. The van der Waals surface area contributed by atoms with Crippen molar-refractivity contribution < 1.29 is 9.53 Å². The van der Waals surface area contributed by atoms with Crippen LogP contribution < -0.4 is 4.74 Å². The lowest BCUT2D eigenvalue weighted by Crippen LogP contribution is -2.38. The Bertz CT molecular complexity index is 923. The molecule has 4 rings (SSSR count). The molecule has 0 atom stereocenters. The summed E-state index contributed by atoms with van der Waals surface area (Å²) in [5.41, 5.74) is 1.59. The average molecular weight is 349 g/mol. The highest BCUT2D eigenvalue weighted by Gasteiger charge is 2.24. The predicted octanol–water partition coefficient (Wildman–Crippen LogP) is 2.22. The van der Waals surface area contributed by atoms with E-state index in [1.165, 1.54) is 0 Å². The highest BCUT2D eigenvalue weighted by Crippen LogP contribution is 2.19. The first-order chi connectivity index (χ1) is 12.7. The zero-order valence-electron chi connectivity index (χ0n) is 14.5. The quantitative estimate of drug-likeness (QED) is 0.722. The molecule has 1 aromatic carbocycles. The Morgan fingerprint density at radius 2 is 2.12 bits per heavy atom. The number of ether oxygens (including phenoxy) is 1. The summed E-state index contributed by atoms with van der Waals surface area (Å²) in [7, 11) is 0. The Morgan fingerprint density at radius 3 is 2.96 bits per heavy atom. The Morgan fingerprint density at radius 1 is 1.19 bits per heavy atom. The Hall–Kier alpha value is -3.22. The summed E-state index contributed by atoms with van der Waals surface area (Å²) >= 11 is 0. The number of rotatable bonds is 4. The first kappa shape index (κ1) is 16.3. The number of carbonyl (C=O) groups excluding carboxylic acids is 1. The van der Waals surface area contributed by atoms with Crippen molar-refractivity contribution in [3.05, 3.63) is 71.6 Å². The number of pyridine rings is 1. The van der Waals surface area contributed by atoms with Crippen LogP contribution in [0.15, 0.2) is 48.8 Å². The summed E-state index contributed by atoms with van der Waals surface area (Å²) in [5, 5.41) is 8.23. The fourth-order valence-corrected chi connectivity index (χ4v) is 3.03. The number of fused-ring (bicyclic) bond motifs is 1. The van der Waals surface area contributed by atoms with Gasteiger partial charge in [-0.25, -0.2) is 0 Å². The minimum absolute atomic E-state index is 0.0243. The second-order valence-corrected chi connectivity index (χ2v) is 6.22. The van der Waals surface area contributed by atoms with E-state index in [1.54, 1.807) is 23.4 Å². The van der Waals surface area contributed by atoms with Gasteiger partial charge in [0.2, 0.25) is 0 Å². The number of hydrogen-bond donors (Lipinski definition) is 0. The number of hydrogen-bond acceptors (Lipinski definition) is 5. The van der Waals surface area contributed by atoms with Crippen LogP contribution in [0.2, 0.25) is 0 Å². The van der Waals surface area contributed by atoms with Crippen molar-refractivity contribution in [2.24, 2.45) is 0 Å². The van der Waals surface area contributed by atoms with Gasteiger partial charge >= 0.3 is 0 Å². The van der Waals surface area contributed by atoms with Crippen LogP contribution >= 0.6 is 0 Å². The van der Waals surface area contributed by atoms with Gasteiger partial charge in [-0.05, 0) is 31.2 Å². The smallest absolute Gasteiger partial charge is 0.254 e. The summed E-state index contributed by atoms with van der Waals surface area (Å²) in [5.74, 6) is 2.35. The van der Waals surface area contributed by atoms with Crippen molar-refractivity contribution >= 4 is 5.91 Å². The minimum atomic E-state index is -0.0243. The van der Waals surface area contributed by atoms with Crippen LogP contribution in [0.3, 0.4) is 0 Å². The van der Waals surface area contributed by atoms with Crippen molar-refractivity contribution in [1.82, 2.24) is 24.6 Å². The molecule has 1 amide bonds. The normalized spacial score (nSPS) is 13.3. The van der Waals surface area contributed by atoms with E-state index >= 15 is 0 Å². The van der Waals surface area contributed by atoms with Gasteiger partial charge in [0.1, 0.15) is 18.2 Å². The number of aromatic nitrogens is 4. The number of nitrogens with zero attached hydrogens (tertiary/aromatic N) is 5. The van der Waals surface area contributed by atoms with Crippen LogP contribution in [0.1, 0.15) is 27.6 Å². The number of benzene rings is 1. The van der Waals surface area contributed by atoms with Gasteiger partial charge in [0.05, 0.1) is 6.54 Å². The molecule has 1 aliphatic heterocycles. The van der Waals surface area contributed by atoms with Gasteiger partial charge in [-0.15, -0.1) is 10.2 Å². The third kappa shape index (κ3) is 3.28. The van der Waals surface area contributed by atoms with Gasteiger partial charge in [-0.1, -0.05) is 12.1 Å². The van der Waals surface area contributed by atoms with Crippen molar-refractivity contribution in [3.63, 3.8) is 0 Å². The van der Waals surface area contributed by atoms with Crippen molar-refractivity contribution in [1.29, 1.82) is 0 Å². The van der Waals surface area contributed by atoms with E-state index in [-0.39, 0.29) is 5.91 Å². The highest BCUT2D eigenvalue weighted by atomic mass is 16.5. The van der Waals surface area contributed by atoms with Crippen LogP contribution in [0.4, 0.5) is 0 Å². The van der Waals surface area contributed by atoms with Crippen LogP contribution in [0.5, 0.6) is 5.75 Å². The molecular formula is C19H19N5O2. The minimum Gasteiger partial charge on any atom is -0.489 e. The maximum Gasteiger partial charge on any atom is 0.254 e. The molecule has 0 saturated carbocycles. The van der Waals surface area contributed by atoms with Crippen molar-refractivity contribution in [2.45, 2.75) is 26.6 Å². The second-order valence-electron chi connectivity index (χ2n) is 6.22. The van der Waals surface area contributed by atoms with Crippen LogP contribution in [0, 0.1) is 6.92 Å². The van der Waals surface area contributed by atoms with Crippen LogP contribution in [-0.4, -0.2) is 37.1 Å². The van der Waals surface area contributed by atoms with E-state index < -0.39 is 0 Å². The molecule has 7 nitrogen and oxygen atoms in total. The van der Waals surface area contributed by atoms with Crippen LogP contribution in [0.25, 0.3) is 0 Å². The maximum atomic E-state index is 12.8. The Kier molecular flexibility index (Phi) is 4.35. The topological polar surface area (TPSA) is 73.1 Å². The first-order valence-corrected chi connectivity index (χ1v) is 8.50. The third-order valence-corrected chi connectivity index (χ3v) is 4.43. The summed E-state index contributed by atoms with van der Waals surface area (Å²) in [4.78, 5) is 18.7. The molecule has 3 heterocycles. The lowest BCUT2D eigenvalue weighted by Gasteiger charge is -2.27.